The first-order valence-electron chi connectivity index (χ1n) is 12.4. The summed E-state index contributed by atoms with van der Waals surface area (Å²) in [7, 11) is -13.3. The molecule has 13 nitrogen and oxygen atoms in total. The second kappa shape index (κ2) is 11.4. The lowest BCUT2D eigenvalue weighted by Crippen LogP contribution is -2.14. The van der Waals surface area contributed by atoms with Crippen molar-refractivity contribution in [2.24, 2.45) is 10.2 Å². The van der Waals surface area contributed by atoms with Crippen LogP contribution in [0.4, 0.5) is 22.7 Å². The average Bonchev–Trinajstić information content (AvgIpc) is 2.94. The van der Waals surface area contributed by atoms with Gasteiger partial charge in [-0.25, -0.2) is 8.42 Å². The summed E-state index contributed by atoms with van der Waals surface area (Å²) in [6.07, 6.45) is 0.963. The van der Waals surface area contributed by atoms with Crippen LogP contribution in [0.25, 0.3) is 21.5 Å². The molecule has 0 saturated heterocycles. The van der Waals surface area contributed by atoms with E-state index in [1.807, 2.05) is 18.2 Å². The van der Waals surface area contributed by atoms with Gasteiger partial charge in [0.1, 0.15) is 10.6 Å². The van der Waals surface area contributed by atoms with E-state index in [0.29, 0.717) is 5.69 Å². The largest absolute Gasteiger partial charge is 0.321 e. The topological polar surface area (TPSA) is 209 Å². The second-order valence-electron chi connectivity index (χ2n) is 9.57. The predicted octanol–water partition coefficient (Wildman–Crippen LogP) is 5.53. The Bertz CT molecular complexity index is 2320. The van der Waals surface area contributed by atoms with Gasteiger partial charge in [0.2, 0.25) is 10.0 Å². The molecule has 0 atom stereocenters. The van der Waals surface area contributed by atoms with E-state index in [4.69, 9.17) is 0 Å². The average molecular weight is 655 g/mol. The minimum atomic E-state index is -4.92. The van der Waals surface area contributed by atoms with Crippen LogP contribution >= 0.6 is 0 Å². The van der Waals surface area contributed by atoms with Gasteiger partial charge in [-0.1, -0.05) is 36.4 Å². The highest BCUT2D eigenvalue weighted by atomic mass is 32.2. The Morgan fingerprint density at radius 1 is 0.682 bits per heavy atom. The number of azo groups is 1. The standard InChI is InChI=1S/C28H22N4O9S3/c1-42(34,35)32-20-11-9-18(10-12-20)28(33)29-25-15-21(43(36,37)38)13-19-14-27(44(39,40)41)26(16-23(19)25)31-30-24-8-4-6-17-5-2-3-7-22(17)24/h2-16,32H,1H3,(H,29,33)(H,36,37,38)(H,39,40,41)/b31-30+. The third-order valence-corrected chi connectivity index (χ3v) is 8.63. The Kier molecular flexibility index (Phi) is 7.96. The lowest BCUT2D eigenvalue weighted by atomic mass is 10.1. The Morgan fingerprint density at radius 2 is 1.34 bits per heavy atom. The molecular weight excluding hydrogens is 633 g/mol. The van der Waals surface area contributed by atoms with Crippen molar-refractivity contribution in [1.82, 2.24) is 0 Å². The Balaban J connectivity index is 1.64. The molecule has 0 bridgehead atoms. The highest BCUT2D eigenvalue weighted by Gasteiger charge is 2.22. The molecule has 5 aromatic carbocycles. The molecule has 0 unspecified atom stereocenters. The fourth-order valence-electron chi connectivity index (χ4n) is 4.39. The Morgan fingerprint density at radius 3 is 2.00 bits per heavy atom. The number of fused-ring (bicyclic) bond motifs is 2. The zero-order chi connectivity index (χ0) is 31.9. The van der Waals surface area contributed by atoms with Crippen molar-refractivity contribution in [2.75, 3.05) is 16.3 Å². The lowest BCUT2D eigenvalue weighted by molar-refractivity contribution is 0.102. The van der Waals surface area contributed by atoms with Crippen LogP contribution < -0.4 is 10.0 Å². The third-order valence-electron chi connectivity index (χ3n) is 6.31. The molecule has 5 aromatic rings. The first kappa shape index (κ1) is 30.7. The fraction of sp³-hybridized carbons (Fsp3) is 0.0357. The molecular formula is C28H22N4O9S3. The van der Waals surface area contributed by atoms with Crippen molar-refractivity contribution in [3.8, 4) is 0 Å². The van der Waals surface area contributed by atoms with Crippen molar-refractivity contribution in [2.45, 2.75) is 9.79 Å². The number of hydrogen-bond acceptors (Lipinski definition) is 9. The van der Waals surface area contributed by atoms with Crippen molar-refractivity contribution in [1.29, 1.82) is 0 Å². The predicted molar refractivity (Wildman–Crippen MR) is 165 cm³/mol. The molecule has 0 spiro atoms. The normalized spacial score (nSPS) is 12.5. The zero-order valence-electron chi connectivity index (χ0n) is 22.5. The van der Waals surface area contributed by atoms with Crippen LogP contribution in [0.5, 0.6) is 0 Å². The molecule has 1 amide bonds. The van der Waals surface area contributed by atoms with E-state index in [2.05, 4.69) is 20.3 Å². The minimum Gasteiger partial charge on any atom is -0.321 e. The number of rotatable bonds is 8. The van der Waals surface area contributed by atoms with Gasteiger partial charge in [-0.3, -0.25) is 18.6 Å². The SMILES string of the molecule is CS(=O)(=O)Nc1ccc(C(=O)Nc2cc(S(=O)(=O)O)cc3cc(S(=O)(=O)O)c(/N=N/c4cccc5ccccc45)cc23)cc1. The summed E-state index contributed by atoms with van der Waals surface area (Å²) in [6, 6.07) is 21.9. The summed E-state index contributed by atoms with van der Waals surface area (Å²) >= 11 is 0. The quantitative estimate of drug-likeness (QED) is 0.122. The highest BCUT2D eigenvalue weighted by Crippen LogP contribution is 2.37. The summed E-state index contributed by atoms with van der Waals surface area (Å²) in [4.78, 5) is 11.8. The number of sulfonamides is 1. The number of anilines is 2. The van der Waals surface area contributed by atoms with Crippen LogP contribution in [-0.2, 0) is 30.3 Å². The summed E-state index contributed by atoms with van der Waals surface area (Å²) < 4.78 is 93.7. The van der Waals surface area contributed by atoms with Gasteiger partial charge in [0.15, 0.2) is 0 Å². The molecule has 0 heterocycles. The maximum absolute atomic E-state index is 13.1. The van der Waals surface area contributed by atoms with E-state index in [1.165, 1.54) is 30.3 Å². The number of amides is 1. The Labute approximate surface area is 251 Å². The molecule has 0 aliphatic heterocycles. The van der Waals surface area contributed by atoms with Gasteiger partial charge < -0.3 is 5.32 Å². The smallest absolute Gasteiger partial charge is 0.296 e. The van der Waals surface area contributed by atoms with Crippen molar-refractivity contribution >= 4 is 80.5 Å². The molecule has 16 heteroatoms. The number of nitrogens with one attached hydrogen (secondary N) is 2. The van der Waals surface area contributed by atoms with E-state index in [9.17, 15) is 39.2 Å². The van der Waals surface area contributed by atoms with Crippen LogP contribution in [0.2, 0.25) is 0 Å². The minimum absolute atomic E-state index is 0.0554. The van der Waals surface area contributed by atoms with Gasteiger partial charge in [0.25, 0.3) is 26.1 Å². The van der Waals surface area contributed by atoms with Crippen LogP contribution in [0.3, 0.4) is 0 Å². The molecule has 0 saturated carbocycles. The van der Waals surface area contributed by atoms with Gasteiger partial charge in [0.05, 0.1) is 22.5 Å². The summed E-state index contributed by atoms with van der Waals surface area (Å²) in [5.41, 5.74) is 0.177. The van der Waals surface area contributed by atoms with Crippen LogP contribution in [0.1, 0.15) is 10.4 Å². The van der Waals surface area contributed by atoms with Crippen molar-refractivity contribution < 1.29 is 39.2 Å². The van der Waals surface area contributed by atoms with Crippen LogP contribution in [-0.4, -0.2) is 46.5 Å². The third kappa shape index (κ3) is 6.90. The molecule has 0 fully saturated rings. The molecule has 226 valence electrons. The zero-order valence-corrected chi connectivity index (χ0v) is 25.0. The molecule has 5 rings (SSSR count). The van der Waals surface area contributed by atoms with E-state index >= 15 is 0 Å². The second-order valence-corrected chi connectivity index (χ2v) is 14.1. The van der Waals surface area contributed by atoms with E-state index < -0.39 is 46.0 Å². The van der Waals surface area contributed by atoms with Crippen LogP contribution in [0.15, 0.2) is 111 Å². The van der Waals surface area contributed by atoms with E-state index in [1.54, 1.807) is 24.3 Å². The van der Waals surface area contributed by atoms with Crippen molar-refractivity contribution in [3.63, 3.8) is 0 Å². The fourth-order valence-corrected chi connectivity index (χ4v) is 6.14. The van der Waals surface area contributed by atoms with Gasteiger partial charge >= 0.3 is 0 Å². The molecule has 0 aromatic heterocycles. The van der Waals surface area contributed by atoms with Gasteiger partial charge in [0, 0.05) is 22.0 Å². The lowest BCUT2D eigenvalue weighted by Gasteiger charge is -2.13. The molecule has 0 aliphatic carbocycles. The number of carbonyl (C=O) groups excluding carboxylic acids is 1. The molecule has 0 radical (unpaired) electrons. The summed E-state index contributed by atoms with van der Waals surface area (Å²) in [5, 5.41) is 12.4. The maximum Gasteiger partial charge on any atom is 0.296 e. The highest BCUT2D eigenvalue weighted by molar-refractivity contribution is 7.92. The van der Waals surface area contributed by atoms with Crippen molar-refractivity contribution in [3.05, 3.63) is 96.6 Å². The van der Waals surface area contributed by atoms with Crippen LogP contribution in [0, 0.1) is 0 Å². The van der Waals surface area contributed by atoms with Gasteiger partial charge in [-0.2, -0.15) is 16.8 Å². The first-order chi connectivity index (χ1) is 20.6. The molecule has 0 aliphatic rings. The maximum atomic E-state index is 13.1. The number of benzene rings is 5. The monoisotopic (exact) mass is 654 g/mol. The number of nitrogens with zero attached hydrogens (tertiary/aromatic N) is 2. The first-order valence-corrected chi connectivity index (χ1v) is 17.2. The van der Waals surface area contributed by atoms with Gasteiger partial charge in [-0.05, 0) is 65.4 Å². The van der Waals surface area contributed by atoms with E-state index in [0.717, 1.165) is 35.2 Å². The summed E-state index contributed by atoms with van der Waals surface area (Å²) in [6.45, 7) is 0. The Hall–Kier alpha value is -4.74. The van der Waals surface area contributed by atoms with E-state index in [-0.39, 0.29) is 33.4 Å². The summed E-state index contributed by atoms with van der Waals surface area (Å²) in [5.74, 6) is -0.748. The number of hydrogen-bond donors (Lipinski definition) is 4. The van der Waals surface area contributed by atoms with Gasteiger partial charge in [-0.15, -0.1) is 10.2 Å². The number of carbonyl (C=O) groups is 1. The molecule has 4 N–H and O–H groups in total. The molecule has 44 heavy (non-hydrogen) atoms.